The van der Waals surface area contributed by atoms with Crippen molar-refractivity contribution in [1.29, 1.82) is 0 Å². The molecule has 0 saturated heterocycles. The first-order chi connectivity index (χ1) is 5.90. The van der Waals surface area contributed by atoms with E-state index in [4.69, 9.17) is 26.2 Å². The highest BCUT2D eigenvalue weighted by Gasteiger charge is 2.01. The average Bonchev–Trinajstić information content (AvgIpc) is 1.99. The molecule has 8 heteroatoms. The first kappa shape index (κ1) is 13.9. The summed E-state index contributed by atoms with van der Waals surface area (Å²) < 4.78 is 0. The minimum absolute atomic E-state index is 0.0475. The van der Waals surface area contributed by atoms with E-state index < -0.39 is 11.1 Å². The number of rotatable bonds is 4. The zero-order chi connectivity index (χ0) is 10.9. The minimum atomic E-state index is -1.50. The summed E-state index contributed by atoms with van der Waals surface area (Å²) in [5.41, 5.74) is 4.92. The second kappa shape index (κ2) is 8.40. The number of aliphatic carboxylic acids is 1. The highest BCUT2D eigenvalue weighted by Crippen LogP contribution is 1.87. The van der Waals surface area contributed by atoms with Crippen molar-refractivity contribution in [2.24, 2.45) is 5.73 Å². The Morgan fingerprint density at radius 3 is 2.00 bits per heavy atom. The van der Waals surface area contributed by atoms with Crippen molar-refractivity contribution in [3.05, 3.63) is 10.1 Å². The van der Waals surface area contributed by atoms with Gasteiger partial charge in [-0.2, -0.15) is 0 Å². The van der Waals surface area contributed by atoms with Gasteiger partial charge in [-0.3, -0.25) is 9.59 Å². The van der Waals surface area contributed by atoms with Crippen LogP contribution in [0.15, 0.2) is 0 Å². The van der Waals surface area contributed by atoms with E-state index in [1.54, 1.807) is 0 Å². The molecule has 0 rings (SSSR count). The van der Waals surface area contributed by atoms with Crippen LogP contribution in [0.2, 0.25) is 0 Å². The monoisotopic (exact) mass is 194 g/mol. The molecule has 0 radical (unpaired) electrons. The zero-order valence-electron chi connectivity index (χ0n) is 6.67. The quantitative estimate of drug-likeness (QED) is 0.385. The predicted molar refractivity (Wildman–Crippen MR) is 39.7 cm³/mol. The third-order valence-corrected chi connectivity index (χ3v) is 0.845. The van der Waals surface area contributed by atoms with Crippen molar-refractivity contribution in [2.75, 3.05) is 6.54 Å². The molecule has 0 aliphatic heterocycles. The summed E-state index contributed by atoms with van der Waals surface area (Å²) in [4.78, 5) is 28.5. The molecule has 0 amide bonds. The summed E-state index contributed by atoms with van der Waals surface area (Å²) in [7, 11) is 0. The number of hydrogen-bond acceptors (Lipinski definition) is 5. The molecule has 13 heavy (non-hydrogen) atoms. The number of nitrogens with zero attached hydrogens (tertiary/aromatic N) is 1. The first-order valence-electron chi connectivity index (χ1n) is 3.17. The summed E-state index contributed by atoms with van der Waals surface area (Å²) in [5, 5.41) is 21.7. The van der Waals surface area contributed by atoms with Crippen LogP contribution in [0.1, 0.15) is 12.8 Å². The average molecular weight is 194 g/mol. The lowest BCUT2D eigenvalue weighted by atomic mass is 10.2. The van der Waals surface area contributed by atoms with Gasteiger partial charge in [-0.1, -0.05) is 0 Å². The van der Waals surface area contributed by atoms with Crippen LogP contribution in [0.4, 0.5) is 0 Å². The van der Waals surface area contributed by atoms with Gasteiger partial charge in [0, 0.05) is 6.42 Å². The van der Waals surface area contributed by atoms with Crippen LogP contribution in [0, 0.1) is 10.1 Å². The van der Waals surface area contributed by atoms with Crippen LogP contribution in [0.3, 0.4) is 0 Å². The van der Waals surface area contributed by atoms with Gasteiger partial charge in [-0.25, -0.2) is 0 Å². The van der Waals surface area contributed by atoms with E-state index in [2.05, 4.69) is 0 Å². The molecular weight excluding hydrogens is 184 g/mol. The van der Waals surface area contributed by atoms with Gasteiger partial charge in [0.15, 0.2) is 0 Å². The Morgan fingerprint density at radius 2 is 1.77 bits per heavy atom. The molecule has 0 bridgehead atoms. The second-order valence-electron chi connectivity index (χ2n) is 1.87. The van der Waals surface area contributed by atoms with E-state index in [0.717, 1.165) is 0 Å². The lowest BCUT2D eigenvalue weighted by Crippen LogP contribution is -2.14. The molecule has 0 aromatic heterocycles. The number of carboxylic acids is 1. The lowest BCUT2D eigenvalue weighted by Gasteiger charge is -1.90. The number of ketones is 1. The number of carboxylic acid groups (broad SMARTS) is 1. The maximum Gasteiger partial charge on any atom is 0.303 e. The molecule has 0 heterocycles. The van der Waals surface area contributed by atoms with Gasteiger partial charge in [0.25, 0.3) is 5.09 Å². The molecule has 0 spiro atoms. The molecule has 0 aromatic carbocycles. The van der Waals surface area contributed by atoms with Gasteiger partial charge in [-0.05, 0) is 0 Å². The predicted octanol–water partition coefficient (Wildman–Crippen LogP) is -0.969. The minimum Gasteiger partial charge on any atom is -0.481 e. The Morgan fingerprint density at radius 1 is 1.38 bits per heavy atom. The van der Waals surface area contributed by atoms with E-state index in [1.165, 1.54) is 0 Å². The van der Waals surface area contributed by atoms with Crippen LogP contribution in [-0.2, 0) is 9.59 Å². The van der Waals surface area contributed by atoms with Gasteiger partial charge in [0.05, 0.1) is 13.0 Å². The molecule has 0 saturated carbocycles. The van der Waals surface area contributed by atoms with Crippen molar-refractivity contribution in [3.63, 3.8) is 0 Å². The van der Waals surface area contributed by atoms with Gasteiger partial charge >= 0.3 is 5.97 Å². The van der Waals surface area contributed by atoms with E-state index in [1.807, 2.05) is 0 Å². The summed E-state index contributed by atoms with van der Waals surface area (Å²) in [6.45, 7) is -0.0622. The number of carbonyl (C=O) groups is 2. The number of hydrogen-bond donors (Lipinski definition) is 3. The smallest absolute Gasteiger partial charge is 0.303 e. The molecule has 76 valence electrons. The molecule has 4 N–H and O–H groups in total. The van der Waals surface area contributed by atoms with Crippen molar-refractivity contribution in [2.45, 2.75) is 12.8 Å². The maximum absolute atomic E-state index is 10.3. The number of Topliss-reactive ketones (excluding diaryl/α,β-unsaturated/α-hetero) is 1. The van der Waals surface area contributed by atoms with Gasteiger partial charge < -0.3 is 16.0 Å². The zero-order valence-corrected chi connectivity index (χ0v) is 6.67. The summed E-state index contributed by atoms with van der Waals surface area (Å²) in [6, 6.07) is 0. The van der Waals surface area contributed by atoms with Crippen LogP contribution in [0.25, 0.3) is 0 Å². The largest absolute Gasteiger partial charge is 0.481 e. The van der Waals surface area contributed by atoms with Gasteiger partial charge in [0.2, 0.25) is 0 Å². The maximum atomic E-state index is 10.3. The third-order valence-electron chi connectivity index (χ3n) is 0.845. The Bertz CT molecular complexity index is 187. The Hall–Kier alpha value is -1.70. The van der Waals surface area contributed by atoms with Crippen molar-refractivity contribution in [1.82, 2.24) is 0 Å². The molecular formula is C5H10N2O6. The van der Waals surface area contributed by atoms with Crippen molar-refractivity contribution < 1.29 is 25.0 Å². The van der Waals surface area contributed by atoms with E-state index in [-0.39, 0.29) is 25.2 Å². The standard InChI is InChI=1S/C5H9NO3.HNO3/c6-3-4(7)1-2-5(8)9;2-1(3)4/h1-3,6H2,(H,8,9);(H,2,3,4). The van der Waals surface area contributed by atoms with E-state index in [0.29, 0.717) is 0 Å². The number of nitrogens with two attached hydrogens (primary N) is 1. The van der Waals surface area contributed by atoms with Crippen molar-refractivity contribution >= 4 is 11.8 Å². The summed E-state index contributed by atoms with van der Waals surface area (Å²) in [6.07, 6.45) is -0.0676. The molecule has 0 aromatic rings. The van der Waals surface area contributed by atoms with Crippen LogP contribution >= 0.6 is 0 Å². The highest BCUT2D eigenvalue weighted by molar-refractivity contribution is 5.83. The summed E-state index contributed by atoms with van der Waals surface area (Å²) in [5.74, 6) is -1.17. The lowest BCUT2D eigenvalue weighted by molar-refractivity contribution is -0.742. The van der Waals surface area contributed by atoms with Gasteiger partial charge in [0.1, 0.15) is 5.78 Å². The van der Waals surface area contributed by atoms with Crippen LogP contribution in [-0.4, -0.2) is 33.7 Å². The molecule has 0 unspecified atom stereocenters. The first-order valence-corrected chi connectivity index (χ1v) is 3.17. The number of carbonyl (C=O) groups excluding carboxylic acids is 1. The fourth-order valence-corrected chi connectivity index (χ4v) is 0.348. The normalized spacial score (nSPS) is 8.08. The van der Waals surface area contributed by atoms with E-state index in [9.17, 15) is 9.59 Å². The van der Waals surface area contributed by atoms with Gasteiger partial charge in [-0.15, -0.1) is 10.1 Å². The van der Waals surface area contributed by atoms with Crippen LogP contribution < -0.4 is 5.73 Å². The SMILES string of the molecule is NCC(=O)CCC(=O)O.O=[N+]([O-])O. The van der Waals surface area contributed by atoms with Crippen LogP contribution in [0.5, 0.6) is 0 Å². The highest BCUT2D eigenvalue weighted by atomic mass is 16.9. The summed E-state index contributed by atoms with van der Waals surface area (Å²) >= 11 is 0. The molecule has 0 fully saturated rings. The Labute approximate surface area is 73.1 Å². The molecule has 8 nitrogen and oxygen atoms in total. The van der Waals surface area contributed by atoms with E-state index >= 15 is 0 Å². The fourth-order valence-electron chi connectivity index (χ4n) is 0.348. The molecule has 0 aliphatic rings. The third kappa shape index (κ3) is 25.3. The Balaban J connectivity index is 0. The topological polar surface area (TPSA) is 144 Å². The fraction of sp³-hybridized carbons (Fsp3) is 0.600. The van der Waals surface area contributed by atoms with Crippen molar-refractivity contribution in [3.8, 4) is 0 Å². The Kier molecular flexibility index (Phi) is 8.95. The molecule has 0 aliphatic carbocycles. The second-order valence-corrected chi connectivity index (χ2v) is 1.87. The molecule has 0 atom stereocenters.